The summed E-state index contributed by atoms with van der Waals surface area (Å²) in [7, 11) is 0. The Labute approximate surface area is 111 Å². The van der Waals surface area contributed by atoms with E-state index in [1.807, 2.05) is 13.0 Å². The van der Waals surface area contributed by atoms with E-state index in [2.05, 4.69) is 37.4 Å². The average molecular weight is 247 g/mol. The van der Waals surface area contributed by atoms with Crippen molar-refractivity contribution in [2.24, 2.45) is 11.8 Å². The predicted octanol–water partition coefficient (Wildman–Crippen LogP) is 4.32. The molecule has 3 atom stereocenters. The van der Waals surface area contributed by atoms with Gasteiger partial charge in [0.15, 0.2) is 0 Å². The molecule has 1 aliphatic carbocycles. The second-order valence-electron chi connectivity index (χ2n) is 5.57. The zero-order valence-corrected chi connectivity index (χ0v) is 11.8. The fourth-order valence-electron chi connectivity index (χ4n) is 2.76. The minimum atomic E-state index is 0.619. The molecule has 1 N–H and O–H groups in total. The molecule has 1 fully saturated rings. The zero-order valence-electron chi connectivity index (χ0n) is 11.8. The SMILES string of the molecule is CCOc1cccc(NC2CCC(C)C(C)C2)c1. The second kappa shape index (κ2) is 6.12. The first kappa shape index (κ1) is 13.3. The molecule has 0 spiro atoms. The lowest BCUT2D eigenvalue weighted by Gasteiger charge is -2.33. The van der Waals surface area contributed by atoms with Crippen molar-refractivity contribution in [3.05, 3.63) is 24.3 Å². The summed E-state index contributed by atoms with van der Waals surface area (Å²) in [6.45, 7) is 7.48. The lowest BCUT2D eigenvalue weighted by atomic mass is 9.79. The Balaban J connectivity index is 1.94. The van der Waals surface area contributed by atoms with E-state index in [0.29, 0.717) is 6.04 Å². The molecule has 0 amide bonds. The molecular weight excluding hydrogens is 222 g/mol. The molecule has 1 aromatic rings. The standard InChI is InChI=1S/C16H25NO/c1-4-18-16-7-5-6-14(11-16)17-15-9-8-12(2)13(3)10-15/h5-7,11-13,15,17H,4,8-10H2,1-3H3. The number of ether oxygens (including phenoxy) is 1. The highest BCUT2D eigenvalue weighted by Gasteiger charge is 2.24. The molecule has 18 heavy (non-hydrogen) atoms. The first-order valence-electron chi connectivity index (χ1n) is 7.18. The third-order valence-electron chi connectivity index (χ3n) is 4.11. The third kappa shape index (κ3) is 3.41. The maximum Gasteiger partial charge on any atom is 0.121 e. The van der Waals surface area contributed by atoms with Crippen LogP contribution in [0.2, 0.25) is 0 Å². The molecule has 100 valence electrons. The number of nitrogens with one attached hydrogen (secondary N) is 1. The lowest BCUT2D eigenvalue weighted by molar-refractivity contribution is 0.261. The third-order valence-corrected chi connectivity index (χ3v) is 4.11. The van der Waals surface area contributed by atoms with E-state index < -0.39 is 0 Å². The van der Waals surface area contributed by atoms with Crippen molar-refractivity contribution in [2.75, 3.05) is 11.9 Å². The maximum atomic E-state index is 5.53. The monoisotopic (exact) mass is 247 g/mol. The minimum absolute atomic E-state index is 0.619. The first-order valence-corrected chi connectivity index (χ1v) is 7.18. The molecular formula is C16H25NO. The number of hydrogen-bond acceptors (Lipinski definition) is 2. The van der Waals surface area contributed by atoms with Gasteiger partial charge in [0.1, 0.15) is 5.75 Å². The zero-order chi connectivity index (χ0) is 13.0. The first-order chi connectivity index (χ1) is 8.69. The molecule has 2 heteroatoms. The summed E-state index contributed by atoms with van der Waals surface area (Å²) in [4.78, 5) is 0. The van der Waals surface area contributed by atoms with Gasteiger partial charge in [0.25, 0.3) is 0 Å². The summed E-state index contributed by atoms with van der Waals surface area (Å²) >= 11 is 0. The Morgan fingerprint density at radius 3 is 2.78 bits per heavy atom. The molecule has 0 radical (unpaired) electrons. The molecule has 1 aliphatic rings. The smallest absolute Gasteiger partial charge is 0.121 e. The molecule has 0 aliphatic heterocycles. The van der Waals surface area contributed by atoms with E-state index in [9.17, 15) is 0 Å². The van der Waals surface area contributed by atoms with Crippen LogP contribution in [0.25, 0.3) is 0 Å². The van der Waals surface area contributed by atoms with Crippen molar-refractivity contribution in [2.45, 2.75) is 46.1 Å². The quantitative estimate of drug-likeness (QED) is 0.855. The molecule has 0 heterocycles. The molecule has 0 saturated heterocycles. The van der Waals surface area contributed by atoms with Gasteiger partial charge < -0.3 is 10.1 Å². The van der Waals surface area contributed by atoms with E-state index in [1.165, 1.54) is 24.9 Å². The summed E-state index contributed by atoms with van der Waals surface area (Å²) in [5.41, 5.74) is 1.19. The molecule has 3 unspecified atom stereocenters. The van der Waals surface area contributed by atoms with E-state index in [0.717, 1.165) is 24.2 Å². The van der Waals surface area contributed by atoms with Crippen LogP contribution >= 0.6 is 0 Å². The summed E-state index contributed by atoms with van der Waals surface area (Å²) in [6.07, 6.45) is 3.90. The summed E-state index contributed by atoms with van der Waals surface area (Å²) < 4.78 is 5.53. The Morgan fingerprint density at radius 1 is 1.22 bits per heavy atom. The van der Waals surface area contributed by atoms with Gasteiger partial charge in [0.05, 0.1) is 6.61 Å². The van der Waals surface area contributed by atoms with Crippen LogP contribution in [0.1, 0.15) is 40.0 Å². The van der Waals surface area contributed by atoms with Gasteiger partial charge in [0, 0.05) is 17.8 Å². The molecule has 1 saturated carbocycles. The maximum absolute atomic E-state index is 5.53. The van der Waals surface area contributed by atoms with Crippen LogP contribution in [-0.2, 0) is 0 Å². The predicted molar refractivity (Wildman–Crippen MR) is 77.2 cm³/mol. The molecule has 0 aromatic heterocycles. The van der Waals surface area contributed by atoms with Crippen LogP contribution < -0.4 is 10.1 Å². The van der Waals surface area contributed by atoms with Crippen molar-refractivity contribution in [3.63, 3.8) is 0 Å². The number of benzene rings is 1. The van der Waals surface area contributed by atoms with Crippen LogP contribution in [0.3, 0.4) is 0 Å². The van der Waals surface area contributed by atoms with Crippen LogP contribution in [0, 0.1) is 11.8 Å². The Morgan fingerprint density at radius 2 is 2.06 bits per heavy atom. The van der Waals surface area contributed by atoms with Gasteiger partial charge in [0.2, 0.25) is 0 Å². The largest absolute Gasteiger partial charge is 0.494 e. The van der Waals surface area contributed by atoms with Gasteiger partial charge in [-0.15, -0.1) is 0 Å². The van der Waals surface area contributed by atoms with Gasteiger partial charge in [-0.2, -0.15) is 0 Å². The molecule has 2 rings (SSSR count). The Hall–Kier alpha value is -1.18. The fraction of sp³-hybridized carbons (Fsp3) is 0.625. The summed E-state index contributed by atoms with van der Waals surface area (Å²) in [5.74, 6) is 2.66. The number of anilines is 1. The van der Waals surface area contributed by atoms with Crippen molar-refractivity contribution in [1.82, 2.24) is 0 Å². The Bertz CT molecular complexity index is 377. The highest BCUT2D eigenvalue weighted by Crippen LogP contribution is 2.31. The lowest BCUT2D eigenvalue weighted by Crippen LogP contribution is -2.30. The molecule has 0 bridgehead atoms. The van der Waals surface area contributed by atoms with Gasteiger partial charge >= 0.3 is 0 Å². The van der Waals surface area contributed by atoms with Crippen molar-refractivity contribution in [1.29, 1.82) is 0 Å². The van der Waals surface area contributed by atoms with Crippen LogP contribution in [0.15, 0.2) is 24.3 Å². The highest BCUT2D eigenvalue weighted by atomic mass is 16.5. The van der Waals surface area contributed by atoms with Crippen molar-refractivity contribution < 1.29 is 4.74 Å². The highest BCUT2D eigenvalue weighted by molar-refractivity contribution is 5.48. The van der Waals surface area contributed by atoms with E-state index >= 15 is 0 Å². The molecule has 2 nitrogen and oxygen atoms in total. The van der Waals surface area contributed by atoms with Crippen molar-refractivity contribution in [3.8, 4) is 5.75 Å². The van der Waals surface area contributed by atoms with Gasteiger partial charge in [-0.1, -0.05) is 19.9 Å². The molecule has 1 aromatic carbocycles. The minimum Gasteiger partial charge on any atom is -0.494 e. The van der Waals surface area contributed by atoms with E-state index in [-0.39, 0.29) is 0 Å². The number of rotatable bonds is 4. The second-order valence-corrected chi connectivity index (χ2v) is 5.57. The van der Waals surface area contributed by atoms with E-state index in [4.69, 9.17) is 4.74 Å². The van der Waals surface area contributed by atoms with Crippen LogP contribution in [0.4, 0.5) is 5.69 Å². The normalized spacial score (nSPS) is 27.8. The van der Waals surface area contributed by atoms with Gasteiger partial charge in [-0.25, -0.2) is 0 Å². The van der Waals surface area contributed by atoms with Crippen LogP contribution in [-0.4, -0.2) is 12.6 Å². The Kier molecular flexibility index (Phi) is 4.51. The summed E-state index contributed by atoms with van der Waals surface area (Å²) in [6, 6.07) is 8.92. The van der Waals surface area contributed by atoms with Crippen molar-refractivity contribution >= 4 is 5.69 Å². The summed E-state index contributed by atoms with van der Waals surface area (Å²) in [5, 5.41) is 3.65. The number of hydrogen-bond donors (Lipinski definition) is 1. The van der Waals surface area contributed by atoms with Gasteiger partial charge in [-0.3, -0.25) is 0 Å². The topological polar surface area (TPSA) is 21.3 Å². The fourth-order valence-corrected chi connectivity index (χ4v) is 2.76. The van der Waals surface area contributed by atoms with E-state index in [1.54, 1.807) is 0 Å². The van der Waals surface area contributed by atoms with Gasteiger partial charge in [-0.05, 0) is 50.2 Å². The van der Waals surface area contributed by atoms with Crippen LogP contribution in [0.5, 0.6) is 5.75 Å². The average Bonchev–Trinajstić information content (AvgIpc) is 2.35.